The van der Waals surface area contributed by atoms with Gasteiger partial charge in [0, 0.05) is 17.6 Å². The van der Waals surface area contributed by atoms with Gasteiger partial charge in [-0.15, -0.1) is 0 Å². The van der Waals surface area contributed by atoms with Crippen LogP contribution in [-0.2, 0) is 0 Å². The lowest BCUT2D eigenvalue weighted by molar-refractivity contribution is 0.102. The molecule has 138 valence electrons. The average molecular weight is 366 g/mol. The first-order valence-electron chi connectivity index (χ1n) is 8.43. The Kier molecular flexibility index (Phi) is 5.61. The topological polar surface area (TPSA) is 76.1 Å². The number of benzene rings is 2. The molecule has 27 heavy (non-hydrogen) atoms. The first-order valence-corrected chi connectivity index (χ1v) is 8.43. The van der Waals surface area contributed by atoms with Gasteiger partial charge in [-0.05, 0) is 68.4 Å². The van der Waals surface area contributed by atoms with E-state index in [1.165, 1.54) is 36.5 Å². The summed E-state index contributed by atoms with van der Waals surface area (Å²) >= 11 is 0. The maximum absolute atomic E-state index is 12.9. The van der Waals surface area contributed by atoms with Crippen molar-refractivity contribution in [2.24, 2.45) is 0 Å². The van der Waals surface area contributed by atoms with E-state index in [0.29, 0.717) is 11.6 Å². The Morgan fingerprint density at radius 2 is 1.67 bits per heavy atom. The van der Waals surface area contributed by atoms with Crippen LogP contribution in [0.1, 0.15) is 24.3 Å². The van der Waals surface area contributed by atoms with Crippen molar-refractivity contribution in [2.45, 2.75) is 20.0 Å². The van der Waals surface area contributed by atoms with Crippen molar-refractivity contribution in [3.8, 4) is 5.75 Å². The van der Waals surface area contributed by atoms with Crippen LogP contribution in [0.4, 0.5) is 21.7 Å². The van der Waals surface area contributed by atoms with Crippen molar-refractivity contribution in [1.82, 2.24) is 9.97 Å². The molecule has 6 nitrogen and oxygen atoms in total. The van der Waals surface area contributed by atoms with Gasteiger partial charge < -0.3 is 15.4 Å². The first kappa shape index (κ1) is 18.3. The number of ether oxygens (including phenoxy) is 1. The van der Waals surface area contributed by atoms with Crippen LogP contribution in [0.2, 0.25) is 0 Å². The SMILES string of the molecule is CC(C)Oc1ccc(Nc2nccc(C(=O)Nc3ccc(F)cc3)n2)cc1. The van der Waals surface area contributed by atoms with Crippen LogP contribution in [0.5, 0.6) is 5.75 Å². The number of hydrogen-bond acceptors (Lipinski definition) is 5. The number of nitrogens with one attached hydrogen (secondary N) is 2. The highest BCUT2D eigenvalue weighted by Crippen LogP contribution is 2.19. The quantitative estimate of drug-likeness (QED) is 0.676. The number of carbonyl (C=O) groups is 1. The van der Waals surface area contributed by atoms with Crippen molar-refractivity contribution in [2.75, 3.05) is 10.6 Å². The molecule has 0 spiro atoms. The summed E-state index contributed by atoms with van der Waals surface area (Å²) in [4.78, 5) is 20.6. The van der Waals surface area contributed by atoms with Crippen LogP contribution in [0, 0.1) is 5.82 Å². The number of rotatable bonds is 6. The Morgan fingerprint density at radius 3 is 2.33 bits per heavy atom. The molecule has 0 bridgehead atoms. The minimum absolute atomic E-state index is 0.100. The number of carbonyl (C=O) groups excluding carboxylic acids is 1. The smallest absolute Gasteiger partial charge is 0.274 e. The van der Waals surface area contributed by atoms with Gasteiger partial charge in [0.2, 0.25) is 5.95 Å². The Morgan fingerprint density at radius 1 is 1.00 bits per heavy atom. The lowest BCUT2D eigenvalue weighted by Crippen LogP contribution is -2.14. The van der Waals surface area contributed by atoms with E-state index in [1.54, 1.807) is 0 Å². The minimum Gasteiger partial charge on any atom is -0.491 e. The molecular weight excluding hydrogens is 347 g/mol. The highest BCUT2D eigenvalue weighted by Gasteiger charge is 2.10. The zero-order chi connectivity index (χ0) is 19.2. The third-order valence-corrected chi connectivity index (χ3v) is 3.47. The predicted molar refractivity (Wildman–Crippen MR) is 102 cm³/mol. The zero-order valence-electron chi connectivity index (χ0n) is 14.9. The second-order valence-electron chi connectivity index (χ2n) is 6.04. The number of hydrogen-bond donors (Lipinski definition) is 2. The van der Waals surface area contributed by atoms with Crippen LogP contribution in [0.25, 0.3) is 0 Å². The largest absolute Gasteiger partial charge is 0.491 e. The van der Waals surface area contributed by atoms with E-state index in [9.17, 15) is 9.18 Å². The molecule has 1 amide bonds. The van der Waals surface area contributed by atoms with Gasteiger partial charge in [-0.3, -0.25) is 4.79 Å². The van der Waals surface area contributed by atoms with Gasteiger partial charge in [0.05, 0.1) is 6.10 Å². The molecule has 0 saturated heterocycles. The fraction of sp³-hybridized carbons (Fsp3) is 0.150. The Bertz CT molecular complexity index is 912. The summed E-state index contributed by atoms with van der Waals surface area (Å²) in [6.45, 7) is 3.92. The molecular formula is C20H19FN4O2. The molecule has 0 saturated carbocycles. The van der Waals surface area contributed by atoms with Crippen LogP contribution in [0.3, 0.4) is 0 Å². The molecule has 0 atom stereocenters. The summed E-state index contributed by atoms with van der Waals surface area (Å²) < 4.78 is 18.5. The second kappa shape index (κ2) is 8.27. The van der Waals surface area contributed by atoms with Crippen LogP contribution in [-0.4, -0.2) is 22.0 Å². The fourth-order valence-electron chi connectivity index (χ4n) is 2.29. The second-order valence-corrected chi connectivity index (χ2v) is 6.04. The molecule has 0 aliphatic carbocycles. The molecule has 0 fully saturated rings. The molecule has 0 unspecified atom stereocenters. The number of halogens is 1. The normalized spacial score (nSPS) is 10.5. The molecule has 0 aliphatic heterocycles. The Balaban J connectivity index is 1.67. The Labute approximate surface area is 156 Å². The van der Waals surface area contributed by atoms with Gasteiger partial charge in [-0.1, -0.05) is 0 Å². The van der Waals surface area contributed by atoms with Gasteiger partial charge in [0.1, 0.15) is 17.3 Å². The average Bonchev–Trinajstić information content (AvgIpc) is 2.65. The predicted octanol–water partition coefficient (Wildman–Crippen LogP) is 4.40. The van der Waals surface area contributed by atoms with Gasteiger partial charge in [0.25, 0.3) is 5.91 Å². The number of aromatic nitrogens is 2. The summed E-state index contributed by atoms with van der Waals surface area (Å²) in [5.74, 6) is 0.280. The summed E-state index contributed by atoms with van der Waals surface area (Å²) in [7, 11) is 0. The van der Waals surface area contributed by atoms with E-state index in [4.69, 9.17) is 4.74 Å². The summed E-state index contributed by atoms with van der Waals surface area (Å²) in [5.41, 5.74) is 1.44. The van der Waals surface area contributed by atoms with Crippen molar-refractivity contribution in [3.05, 3.63) is 72.3 Å². The summed E-state index contributed by atoms with van der Waals surface area (Å²) in [6.07, 6.45) is 1.59. The van der Waals surface area contributed by atoms with E-state index in [0.717, 1.165) is 11.4 Å². The molecule has 7 heteroatoms. The van der Waals surface area contributed by atoms with Crippen molar-refractivity contribution >= 4 is 23.2 Å². The zero-order valence-corrected chi connectivity index (χ0v) is 14.9. The van der Waals surface area contributed by atoms with E-state index >= 15 is 0 Å². The van der Waals surface area contributed by atoms with Crippen molar-refractivity contribution < 1.29 is 13.9 Å². The minimum atomic E-state index is -0.410. The first-order chi connectivity index (χ1) is 13.0. The molecule has 1 heterocycles. The molecule has 0 radical (unpaired) electrons. The third kappa shape index (κ3) is 5.24. The monoisotopic (exact) mass is 366 g/mol. The lowest BCUT2D eigenvalue weighted by atomic mass is 10.3. The molecule has 2 N–H and O–H groups in total. The number of nitrogens with zero attached hydrogens (tertiary/aromatic N) is 2. The number of amides is 1. The van der Waals surface area contributed by atoms with Crippen LogP contribution >= 0.6 is 0 Å². The molecule has 1 aromatic heterocycles. The van der Waals surface area contributed by atoms with E-state index in [-0.39, 0.29) is 17.6 Å². The van der Waals surface area contributed by atoms with Gasteiger partial charge >= 0.3 is 0 Å². The van der Waals surface area contributed by atoms with Crippen molar-refractivity contribution in [1.29, 1.82) is 0 Å². The van der Waals surface area contributed by atoms with Gasteiger partial charge in [0.15, 0.2) is 0 Å². The Hall–Kier alpha value is -3.48. The highest BCUT2D eigenvalue weighted by molar-refractivity contribution is 6.02. The van der Waals surface area contributed by atoms with Crippen LogP contribution in [0.15, 0.2) is 60.8 Å². The van der Waals surface area contributed by atoms with E-state index in [1.807, 2.05) is 38.1 Å². The molecule has 0 aliphatic rings. The lowest BCUT2D eigenvalue weighted by Gasteiger charge is -2.11. The van der Waals surface area contributed by atoms with Gasteiger partial charge in [-0.2, -0.15) is 0 Å². The summed E-state index contributed by atoms with van der Waals surface area (Å²) in [6, 6.07) is 14.4. The third-order valence-electron chi connectivity index (χ3n) is 3.47. The molecule has 3 aromatic rings. The van der Waals surface area contributed by atoms with Crippen LogP contribution < -0.4 is 15.4 Å². The molecule has 2 aromatic carbocycles. The maximum Gasteiger partial charge on any atom is 0.274 e. The molecule has 3 rings (SSSR count). The highest BCUT2D eigenvalue weighted by atomic mass is 19.1. The fourth-order valence-corrected chi connectivity index (χ4v) is 2.29. The van der Waals surface area contributed by atoms with E-state index < -0.39 is 5.91 Å². The standard InChI is InChI=1S/C20H19FN4O2/c1-13(2)27-17-9-7-16(8-10-17)24-20-22-12-11-18(25-20)19(26)23-15-5-3-14(21)4-6-15/h3-13H,1-2H3,(H,23,26)(H,22,24,25). The van der Waals surface area contributed by atoms with E-state index in [2.05, 4.69) is 20.6 Å². The number of anilines is 3. The summed E-state index contributed by atoms with van der Waals surface area (Å²) in [5, 5.41) is 5.71. The van der Waals surface area contributed by atoms with Gasteiger partial charge in [-0.25, -0.2) is 14.4 Å². The maximum atomic E-state index is 12.9. The van der Waals surface area contributed by atoms with Crippen molar-refractivity contribution in [3.63, 3.8) is 0 Å².